The molecule has 1 fully saturated rings. The smallest absolute Gasteiger partial charge is 0.290 e. The summed E-state index contributed by atoms with van der Waals surface area (Å²) in [7, 11) is 3.16. The third kappa shape index (κ3) is 5.46. The minimum atomic E-state index is -0.411. The van der Waals surface area contributed by atoms with Gasteiger partial charge < -0.3 is 14.4 Å². The number of nitrogens with one attached hydrogen (secondary N) is 1. The van der Waals surface area contributed by atoms with E-state index in [9.17, 15) is 4.79 Å². The van der Waals surface area contributed by atoms with Gasteiger partial charge >= 0.3 is 0 Å². The maximum absolute atomic E-state index is 12.9. The second kappa shape index (κ2) is 10.6. The van der Waals surface area contributed by atoms with Crippen LogP contribution in [0.2, 0.25) is 0 Å². The van der Waals surface area contributed by atoms with Crippen LogP contribution in [-0.2, 0) is 0 Å². The lowest BCUT2D eigenvalue weighted by Crippen LogP contribution is -2.32. The van der Waals surface area contributed by atoms with E-state index in [2.05, 4.69) is 20.4 Å². The van der Waals surface area contributed by atoms with Crippen molar-refractivity contribution in [2.24, 2.45) is 5.10 Å². The van der Waals surface area contributed by atoms with Gasteiger partial charge in [-0.2, -0.15) is 5.10 Å². The van der Waals surface area contributed by atoms with Gasteiger partial charge in [0.25, 0.3) is 5.91 Å². The molecule has 8 nitrogen and oxygen atoms in total. The standard InChI is InChI=1S/C25H27N5O3/c1-32-20-11-12-23(33-2)19(15-20)17-26-29-24(31)22-16-21(18-9-5-3-6-10-18)27-25(28-22)30-13-7-4-8-14-30/h3,5-6,9-12,15-17H,4,7-8,13-14H2,1-2H3,(H,29,31)/b26-17+. The van der Waals surface area contributed by atoms with E-state index in [0.29, 0.717) is 28.7 Å². The Morgan fingerprint density at radius 1 is 1.00 bits per heavy atom. The Kier molecular flexibility index (Phi) is 7.14. The molecule has 4 rings (SSSR count). The van der Waals surface area contributed by atoms with Crippen molar-refractivity contribution in [3.63, 3.8) is 0 Å². The van der Waals surface area contributed by atoms with Gasteiger partial charge in [-0.15, -0.1) is 0 Å². The van der Waals surface area contributed by atoms with Crippen LogP contribution < -0.4 is 19.8 Å². The van der Waals surface area contributed by atoms with Gasteiger partial charge in [0.15, 0.2) is 0 Å². The molecule has 33 heavy (non-hydrogen) atoms. The zero-order valence-corrected chi connectivity index (χ0v) is 18.8. The fourth-order valence-corrected chi connectivity index (χ4v) is 3.70. The summed E-state index contributed by atoms with van der Waals surface area (Å²) in [6.45, 7) is 1.76. The number of aromatic nitrogens is 2. The quantitative estimate of drug-likeness (QED) is 0.438. The summed E-state index contributed by atoms with van der Waals surface area (Å²) < 4.78 is 10.6. The molecule has 0 bridgehead atoms. The van der Waals surface area contributed by atoms with Crippen LogP contribution in [0.4, 0.5) is 5.95 Å². The molecule has 0 radical (unpaired) electrons. The van der Waals surface area contributed by atoms with E-state index in [4.69, 9.17) is 14.5 Å². The molecule has 0 aliphatic carbocycles. The molecule has 3 aromatic rings. The number of rotatable bonds is 7. The van der Waals surface area contributed by atoms with Gasteiger partial charge in [-0.25, -0.2) is 15.4 Å². The molecule has 1 aliphatic heterocycles. The summed E-state index contributed by atoms with van der Waals surface area (Å²) in [4.78, 5) is 24.4. The van der Waals surface area contributed by atoms with Gasteiger partial charge in [-0.1, -0.05) is 30.3 Å². The van der Waals surface area contributed by atoms with Crippen molar-refractivity contribution in [3.05, 3.63) is 65.9 Å². The van der Waals surface area contributed by atoms with Gasteiger partial charge in [0.2, 0.25) is 5.95 Å². The van der Waals surface area contributed by atoms with Gasteiger partial charge in [-0.3, -0.25) is 4.79 Å². The first kappa shape index (κ1) is 22.3. The molecule has 1 saturated heterocycles. The molecule has 0 unspecified atom stereocenters. The number of hydrogen-bond donors (Lipinski definition) is 1. The van der Waals surface area contributed by atoms with Crippen LogP contribution in [0.15, 0.2) is 59.7 Å². The van der Waals surface area contributed by atoms with Crippen LogP contribution in [0.5, 0.6) is 11.5 Å². The average Bonchev–Trinajstić information content (AvgIpc) is 2.89. The zero-order valence-electron chi connectivity index (χ0n) is 18.8. The minimum Gasteiger partial charge on any atom is -0.497 e. The Morgan fingerprint density at radius 2 is 1.79 bits per heavy atom. The Hall–Kier alpha value is -3.94. The van der Waals surface area contributed by atoms with Crippen molar-refractivity contribution in [2.75, 3.05) is 32.2 Å². The monoisotopic (exact) mass is 445 g/mol. The van der Waals surface area contributed by atoms with Gasteiger partial charge in [0, 0.05) is 24.2 Å². The highest BCUT2D eigenvalue weighted by molar-refractivity contribution is 5.94. The van der Waals surface area contributed by atoms with E-state index in [1.54, 1.807) is 38.5 Å². The molecule has 0 spiro atoms. The van der Waals surface area contributed by atoms with E-state index >= 15 is 0 Å². The molecule has 1 aliphatic rings. The fraction of sp³-hybridized carbons (Fsp3) is 0.280. The normalized spacial score (nSPS) is 13.7. The van der Waals surface area contributed by atoms with Crippen molar-refractivity contribution < 1.29 is 14.3 Å². The molecule has 170 valence electrons. The van der Waals surface area contributed by atoms with Gasteiger partial charge in [0.1, 0.15) is 17.2 Å². The number of anilines is 1. The first-order chi connectivity index (χ1) is 16.2. The first-order valence-corrected chi connectivity index (χ1v) is 10.9. The number of benzene rings is 2. The molecular formula is C25H27N5O3. The molecule has 2 aromatic carbocycles. The highest BCUT2D eigenvalue weighted by Crippen LogP contribution is 2.24. The van der Waals surface area contributed by atoms with E-state index in [1.165, 1.54) is 12.6 Å². The number of nitrogens with zero attached hydrogens (tertiary/aromatic N) is 4. The summed E-state index contributed by atoms with van der Waals surface area (Å²) in [5.74, 6) is 1.44. The second-order valence-corrected chi connectivity index (χ2v) is 7.66. The number of carbonyl (C=O) groups is 1. The topological polar surface area (TPSA) is 88.9 Å². The predicted molar refractivity (Wildman–Crippen MR) is 128 cm³/mol. The van der Waals surface area contributed by atoms with Crippen molar-refractivity contribution in [1.29, 1.82) is 0 Å². The number of amides is 1. The lowest BCUT2D eigenvalue weighted by molar-refractivity contribution is 0.0950. The number of carbonyl (C=O) groups excluding carboxylic acids is 1. The first-order valence-electron chi connectivity index (χ1n) is 10.9. The number of hydrazone groups is 1. The second-order valence-electron chi connectivity index (χ2n) is 7.66. The highest BCUT2D eigenvalue weighted by atomic mass is 16.5. The van der Waals surface area contributed by atoms with Crippen LogP contribution >= 0.6 is 0 Å². The Morgan fingerprint density at radius 3 is 2.52 bits per heavy atom. The lowest BCUT2D eigenvalue weighted by Gasteiger charge is -2.27. The van der Waals surface area contributed by atoms with Crippen molar-refractivity contribution >= 4 is 18.1 Å². The Bertz CT molecular complexity index is 1130. The third-order valence-electron chi connectivity index (χ3n) is 5.46. The van der Waals surface area contributed by atoms with Crippen molar-refractivity contribution in [1.82, 2.24) is 15.4 Å². The zero-order chi connectivity index (χ0) is 23.0. The molecule has 1 aromatic heterocycles. The molecular weight excluding hydrogens is 418 g/mol. The number of methoxy groups -OCH3 is 2. The van der Waals surface area contributed by atoms with Crippen LogP contribution in [0.3, 0.4) is 0 Å². The highest BCUT2D eigenvalue weighted by Gasteiger charge is 2.18. The summed E-state index contributed by atoms with van der Waals surface area (Å²) in [5.41, 5.74) is 5.14. The van der Waals surface area contributed by atoms with E-state index in [-0.39, 0.29) is 5.69 Å². The summed E-state index contributed by atoms with van der Waals surface area (Å²) >= 11 is 0. The number of hydrogen-bond acceptors (Lipinski definition) is 7. The largest absolute Gasteiger partial charge is 0.497 e. The minimum absolute atomic E-state index is 0.263. The maximum atomic E-state index is 12.9. The molecule has 0 atom stereocenters. The predicted octanol–water partition coefficient (Wildman–Crippen LogP) is 3.92. The molecule has 2 heterocycles. The van der Waals surface area contributed by atoms with Crippen LogP contribution in [-0.4, -0.2) is 49.4 Å². The summed E-state index contributed by atoms with van der Waals surface area (Å²) in [6.07, 6.45) is 4.90. The van der Waals surface area contributed by atoms with E-state index in [1.807, 2.05) is 30.3 Å². The van der Waals surface area contributed by atoms with Crippen molar-refractivity contribution in [3.8, 4) is 22.8 Å². The van der Waals surface area contributed by atoms with E-state index in [0.717, 1.165) is 31.5 Å². The summed E-state index contributed by atoms with van der Waals surface area (Å²) in [5, 5.41) is 4.11. The molecule has 1 amide bonds. The van der Waals surface area contributed by atoms with E-state index < -0.39 is 5.91 Å². The molecule has 0 saturated carbocycles. The molecule has 1 N–H and O–H groups in total. The van der Waals surface area contributed by atoms with Gasteiger partial charge in [0.05, 0.1) is 26.1 Å². The molecule has 8 heteroatoms. The summed E-state index contributed by atoms with van der Waals surface area (Å²) in [6, 6.07) is 16.8. The fourth-order valence-electron chi connectivity index (χ4n) is 3.70. The number of piperidine rings is 1. The Labute approximate surface area is 193 Å². The Balaban J connectivity index is 1.59. The van der Waals surface area contributed by atoms with Crippen LogP contribution in [0.1, 0.15) is 35.3 Å². The van der Waals surface area contributed by atoms with Crippen LogP contribution in [0.25, 0.3) is 11.3 Å². The lowest BCUT2D eigenvalue weighted by atomic mass is 10.1. The third-order valence-corrected chi connectivity index (χ3v) is 5.46. The SMILES string of the molecule is COc1ccc(OC)c(/C=N/NC(=O)c2cc(-c3ccccc3)nc(N3CCCCC3)n2)c1. The van der Waals surface area contributed by atoms with Crippen LogP contribution in [0, 0.1) is 0 Å². The van der Waals surface area contributed by atoms with Gasteiger partial charge in [-0.05, 0) is 43.5 Å². The van der Waals surface area contributed by atoms with Crippen molar-refractivity contribution in [2.45, 2.75) is 19.3 Å². The maximum Gasteiger partial charge on any atom is 0.290 e. The average molecular weight is 446 g/mol. The number of ether oxygens (including phenoxy) is 2.